The lowest BCUT2D eigenvalue weighted by Crippen LogP contribution is -2.44. The number of carbonyl (C=O) groups excluding carboxylic acids is 1. The summed E-state index contributed by atoms with van der Waals surface area (Å²) in [6.45, 7) is 6.05. The van der Waals surface area contributed by atoms with E-state index in [9.17, 15) is 4.79 Å². The molecule has 0 aromatic heterocycles. The van der Waals surface area contributed by atoms with Gasteiger partial charge >= 0.3 is 0 Å². The molecule has 6 heteroatoms. The SMILES string of the molecule is CCCN(CCN(C)C)C(=O)C(CC)C(N)=NO. The molecule has 3 N–H and O–H groups in total. The largest absolute Gasteiger partial charge is 0.409 e. The Morgan fingerprint density at radius 1 is 1.28 bits per heavy atom. The highest BCUT2D eigenvalue weighted by Gasteiger charge is 2.25. The molecule has 0 spiro atoms. The number of rotatable bonds is 8. The molecule has 0 heterocycles. The second-order valence-corrected chi connectivity index (χ2v) is 4.61. The van der Waals surface area contributed by atoms with Crippen LogP contribution in [0.1, 0.15) is 26.7 Å². The number of hydrogen-bond donors (Lipinski definition) is 2. The summed E-state index contributed by atoms with van der Waals surface area (Å²) in [6, 6.07) is 0. The summed E-state index contributed by atoms with van der Waals surface area (Å²) in [5.41, 5.74) is 5.56. The molecule has 0 bridgehead atoms. The first-order valence-electron chi connectivity index (χ1n) is 6.38. The number of nitrogens with zero attached hydrogens (tertiary/aromatic N) is 3. The van der Waals surface area contributed by atoms with Crippen LogP contribution in [0.2, 0.25) is 0 Å². The average Bonchev–Trinajstić information content (AvgIpc) is 2.34. The molecule has 1 atom stereocenters. The number of amides is 1. The van der Waals surface area contributed by atoms with Crippen LogP contribution in [0.25, 0.3) is 0 Å². The zero-order valence-corrected chi connectivity index (χ0v) is 11.9. The van der Waals surface area contributed by atoms with E-state index in [2.05, 4.69) is 5.16 Å². The van der Waals surface area contributed by atoms with E-state index in [4.69, 9.17) is 10.9 Å². The maximum absolute atomic E-state index is 12.3. The first-order chi connectivity index (χ1) is 8.47. The fraction of sp³-hybridized carbons (Fsp3) is 0.833. The van der Waals surface area contributed by atoms with Gasteiger partial charge in [-0.15, -0.1) is 0 Å². The van der Waals surface area contributed by atoms with E-state index in [0.717, 1.165) is 13.0 Å². The molecule has 0 radical (unpaired) electrons. The molecular formula is C12H26N4O2. The van der Waals surface area contributed by atoms with Crippen molar-refractivity contribution in [2.24, 2.45) is 16.8 Å². The lowest BCUT2D eigenvalue weighted by Gasteiger charge is -2.27. The topological polar surface area (TPSA) is 82.2 Å². The van der Waals surface area contributed by atoms with Gasteiger partial charge in [0.05, 0.1) is 5.92 Å². The molecule has 1 unspecified atom stereocenters. The van der Waals surface area contributed by atoms with Gasteiger partial charge in [0.25, 0.3) is 0 Å². The summed E-state index contributed by atoms with van der Waals surface area (Å²) in [4.78, 5) is 16.1. The lowest BCUT2D eigenvalue weighted by molar-refractivity contribution is -0.133. The highest BCUT2D eigenvalue weighted by atomic mass is 16.4. The number of amidine groups is 1. The number of likely N-dealkylation sites (N-methyl/N-ethyl adjacent to an activating group) is 1. The molecule has 0 aliphatic heterocycles. The predicted octanol–water partition coefficient (Wildman–Crippen LogP) is 0.559. The van der Waals surface area contributed by atoms with Crippen molar-refractivity contribution in [2.75, 3.05) is 33.7 Å². The Balaban J connectivity index is 4.71. The van der Waals surface area contributed by atoms with Crippen molar-refractivity contribution in [3.8, 4) is 0 Å². The second-order valence-electron chi connectivity index (χ2n) is 4.61. The minimum atomic E-state index is -0.524. The summed E-state index contributed by atoms with van der Waals surface area (Å²) >= 11 is 0. The van der Waals surface area contributed by atoms with E-state index in [1.807, 2.05) is 32.8 Å². The van der Waals surface area contributed by atoms with Gasteiger partial charge in [-0.3, -0.25) is 4.79 Å². The smallest absolute Gasteiger partial charge is 0.233 e. The van der Waals surface area contributed by atoms with Gasteiger partial charge in [-0.25, -0.2) is 0 Å². The molecular weight excluding hydrogens is 232 g/mol. The Morgan fingerprint density at radius 2 is 1.89 bits per heavy atom. The van der Waals surface area contributed by atoms with Gasteiger partial charge in [-0.05, 0) is 26.9 Å². The van der Waals surface area contributed by atoms with E-state index in [0.29, 0.717) is 19.5 Å². The van der Waals surface area contributed by atoms with Crippen LogP contribution in [-0.2, 0) is 4.79 Å². The van der Waals surface area contributed by atoms with E-state index in [1.165, 1.54) is 0 Å². The second kappa shape index (κ2) is 8.74. The Hall–Kier alpha value is -1.30. The molecule has 0 saturated heterocycles. The van der Waals surface area contributed by atoms with Gasteiger partial charge in [-0.1, -0.05) is 19.0 Å². The van der Waals surface area contributed by atoms with Gasteiger partial charge in [0.15, 0.2) is 5.84 Å². The summed E-state index contributed by atoms with van der Waals surface area (Å²) in [5.74, 6) is -0.589. The molecule has 6 nitrogen and oxygen atoms in total. The summed E-state index contributed by atoms with van der Waals surface area (Å²) < 4.78 is 0. The number of carbonyl (C=O) groups is 1. The number of oxime groups is 1. The van der Waals surface area contributed by atoms with Crippen molar-refractivity contribution in [3.63, 3.8) is 0 Å². The standard InChI is InChI=1S/C12H26N4O2/c1-5-7-16(9-8-15(3)4)12(17)10(6-2)11(13)14-18/h10,18H,5-9H2,1-4H3,(H2,13,14). The van der Waals surface area contributed by atoms with E-state index < -0.39 is 5.92 Å². The third kappa shape index (κ3) is 5.35. The number of nitrogens with two attached hydrogens (primary N) is 1. The van der Waals surface area contributed by atoms with Gasteiger partial charge in [0.2, 0.25) is 5.91 Å². The van der Waals surface area contributed by atoms with Crippen LogP contribution in [0.4, 0.5) is 0 Å². The minimum absolute atomic E-state index is 0.00606. The quantitative estimate of drug-likeness (QED) is 0.288. The van der Waals surface area contributed by atoms with Crippen LogP contribution in [-0.4, -0.2) is 60.5 Å². The van der Waals surface area contributed by atoms with Crippen LogP contribution < -0.4 is 5.73 Å². The van der Waals surface area contributed by atoms with Crippen LogP contribution in [0.3, 0.4) is 0 Å². The summed E-state index contributed by atoms with van der Waals surface area (Å²) in [5, 5.41) is 11.7. The molecule has 0 aromatic rings. The van der Waals surface area contributed by atoms with Gasteiger partial charge in [0.1, 0.15) is 0 Å². The summed E-state index contributed by atoms with van der Waals surface area (Å²) in [7, 11) is 3.94. The molecule has 0 aromatic carbocycles. The van der Waals surface area contributed by atoms with Crippen LogP contribution >= 0.6 is 0 Å². The normalized spacial score (nSPS) is 13.7. The molecule has 106 valence electrons. The van der Waals surface area contributed by atoms with Crippen molar-refractivity contribution < 1.29 is 10.0 Å². The molecule has 0 rings (SSSR count). The zero-order chi connectivity index (χ0) is 14.1. The van der Waals surface area contributed by atoms with Crippen molar-refractivity contribution >= 4 is 11.7 Å². The lowest BCUT2D eigenvalue weighted by atomic mass is 10.0. The highest BCUT2D eigenvalue weighted by Crippen LogP contribution is 2.09. The van der Waals surface area contributed by atoms with Crippen LogP contribution in [0.5, 0.6) is 0 Å². The monoisotopic (exact) mass is 258 g/mol. The van der Waals surface area contributed by atoms with E-state index in [-0.39, 0.29) is 11.7 Å². The maximum atomic E-state index is 12.3. The molecule has 1 amide bonds. The van der Waals surface area contributed by atoms with Crippen molar-refractivity contribution in [1.82, 2.24) is 9.80 Å². The number of hydrogen-bond acceptors (Lipinski definition) is 4. The van der Waals surface area contributed by atoms with Crippen molar-refractivity contribution in [1.29, 1.82) is 0 Å². The fourth-order valence-corrected chi connectivity index (χ4v) is 1.72. The van der Waals surface area contributed by atoms with Crippen molar-refractivity contribution in [2.45, 2.75) is 26.7 Å². The van der Waals surface area contributed by atoms with Gasteiger partial charge in [0, 0.05) is 19.6 Å². The van der Waals surface area contributed by atoms with Gasteiger partial charge in [-0.2, -0.15) is 0 Å². The predicted molar refractivity (Wildman–Crippen MR) is 72.6 cm³/mol. The van der Waals surface area contributed by atoms with E-state index in [1.54, 1.807) is 4.90 Å². The summed E-state index contributed by atoms with van der Waals surface area (Å²) in [6.07, 6.45) is 1.43. The third-order valence-electron chi connectivity index (χ3n) is 2.80. The molecule has 0 saturated carbocycles. The minimum Gasteiger partial charge on any atom is -0.409 e. The zero-order valence-electron chi connectivity index (χ0n) is 11.9. The maximum Gasteiger partial charge on any atom is 0.233 e. The van der Waals surface area contributed by atoms with Crippen LogP contribution in [0, 0.1) is 5.92 Å². The molecule has 0 aliphatic rings. The Kier molecular flexibility index (Phi) is 8.11. The Morgan fingerprint density at radius 3 is 2.28 bits per heavy atom. The highest BCUT2D eigenvalue weighted by molar-refractivity contribution is 6.02. The average molecular weight is 258 g/mol. The Labute approximate surface area is 109 Å². The first-order valence-corrected chi connectivity index (χ1v) is 6.38. The Bertz CT molecular complexity index is 279. The van der Waals surface area contributed by atoms with E-state index >= 15 is 0 Å². The third-order valence-corrected chi connectivity index (χ3v) is 2.80. The first kappa shape index (κ1) is 16.7. The molecule has 0 aliphatic carbocycles. The van der Waals surface area contributed by atoms with Crippen molar-refractivity contribution in [3.05, 3.63) is 0 Å². The van der Waals surface area contributed by atoms with Gasteiger partial charge < -0.3 is 20.7 Å². The molecule has 0 fully saturated rings. The fourth-order valence-electron chi connectivity index (χ4n) is 1.72. The molecule has 18 heavy (non-hydrogen) atoms. The van der Waals surface area contributed by atoms with Crippen LogP contribution in [0.15, 0.2) is 5.16 Å².